The molecule has 1 heterocycles. The lowest BCUT2D eigenvalue weighted by Gasteiger charge is -2.07. The molecule has 22 heavy (non-hydrogen) atoms. The Bertz CT molecular complexity index is 787. The predicted octanol–water partition coefficient (Wildman–Crippen LogP) is 4.63. The molecule has 0 atom stereocenters. The maximum absolute atomic E-state index is 9.30. The lowest BCUT2D eigenvalue weighted by Crippen LogP contribution is -2.06. The van der Waals surface area contributed by atoms with Gasteiger partial charge in [-0.3, -0.25) is 0 Å². The number of nitrogens with zero attached hydrogens (tertiary/aromatic N) is 2. The van der Waals surface area contributed by atoms with Gasteiger partial charge < -0.3 is 9.67 Å². The van der Waals surface area contributed by atoms with Gasteiger partial charge in [-0.2, -0.15) is 0 Å². The second-order valence-electron chi connectivity index (χ2n) is 4.78. The van der Waals surface area contributed by atoms with E-state index >= 15 is 0 Å². The van der Waals surface area contributed by atoms with Gasteiger partial charge in [0.05, 0.1) is 23.4 Å². The summed E-state index contributed by atoms with van der Waals surface area (Å²) in [6, 6.07) is 13.3. The summed E-state index contributed by atoms with van der Waals surface area (Å²) in [6.07, 6.45) is 0. The van der Waals surface area contributed by atoms with Gasteiger partial charge in [0.2, 0.25) is 0 Å². The summed E-state index contributed by atoms with van der Waals surface area (Å²) < 4.78 is 2.02. The van der Waals surface area contributed by atoms with Gasteiger partial charge >= 0.3 is 0 Å². The number of hydrogen-bond donors (Lipinski definition) is 1. The van der Waals surface area contributed by atoms with Crippen LogP contribution in [0.2, 0.25) is 10.0 Å². The quantitative estimate of drug-likeness (QED) is 0.680. The molecule has 0 radical (unpaired) electrons. The van der Waals surface area contributed by atoms with Crippen LogP contribution in [0.3, 0.4) is 0 Å². The molecule has 0 unspecified atom stereocenters. The van der Waals surface area contributed by atoms with E-state index < -0.39 is 0 Å². The third-order valence-corrected chi connectivity index (χ3v) is 4.79. The fourth-order valence-corrected chi connectivity index (χ4v) is 3.42. The summed E-state index contributed by atoms with van der Waals surface area (Å²) in [5.41, 5.74) is 1.85. The molecule has 0 aliphatic heterocycles. The van der Waals surface area contributed by atoms with Gasteiger partial charge in [0.1, 0.15) is 5.82 Å². The molecule has 0 aliphatic carbocycles. The maximum atomic E-state index is 9.30. The first-order valence-electron chi connectivity index (χ1n) is 6.81. The Balaban J connectivity index is 1.88. The predicted molar refractivity (Wildman–Crippen MR) is 92.8 cm³/mol. The van der Waals surface area contributed by atoms with Gasteiger partial charge in [-0.05, 0) is 42.5 Å². The number of rotatable bonds is 5. The SMILES string of the molecule is OCCn1c(CSc2ccc(Cl)cc2)nc2ccc(Cl)cc21. The molecular formula is C16H14Cl2N2OS. The third kappa shape index (κ3) is 3.41. The van der Waals surface area contributed by atoms with Crippen molar-refractivity contribution < 1.29 is 5.11 Å². The molecule has 114 valence electrons. The number of aromatic nitrogens is 2. The Morgan fingerprint density at radius 3 is 2.50 bits per heavy atom. The molecule has 2 aromatic carbocycles. The minimum Gasteiger partial charge on any atom is -0.395 e. The summed E-state index contributed by atoms with van der Waals surface area (Å²) in [4.78, 5) is 5.78. The van der Waals surface area contributed by atoms with Crippen molar-refractivity contribution in [3.8, 4) is 0 Å². The molecule has 6 heteroatoms. The summed E-state index contributed by atoms with van der Waals surface area (Å²) >= 11 is 13.6. The molecule has 3 rings (SSSR count). The van der Waals surface area contributed by atoms with Crippen molar-refractivity contribution in [1.82, 2.24) is 9.55 Å². The molecule has 3 nitrogen and oxygen atoms in total. The Labute approximate surface area is 142 Å². The van der Waals surface area contributed by atoms with Crippen LogP contribution in [0.5, 0.6) is 0 Å². The van der Waals surface area contributed by atoms with Crippen LogP contribution in [-0.2, 0) is 12.3 Å². The summed E-state index contributed by atoms with van der Waals surface area (Å²) in [6.45, 7) is 0.573. The molecule has 0 aliphatic rings. The standard InChI is InChI=1S/C16H14Cl2N2OS/c17-11-1-4-13(5-2-11)22-10-16-19-14-6-3-12(18)9-15(14)20(16)7-8-21/h1-6,9,21H,7-8,10H2. The van der Waals surface area contributed by atoms with Crippen LogP contribution in [0.15, 0.2) is 47.4 Å². The van der Waals surface area contributed by atoms with Gasteiger partial charge in [-0.25, -0.2) is 4.98 Å². The van der Waals surface area contributed by atoms with Crippen molar-refractivity contribution >= 4 is 46.0 Å². The van der Waals surface area contributed by atoms with Gasteiger partial charge in [0.25, 0.3) is 0 Å². The minimum absolute atomic E-state index is 0.0661. The number of halogens is 2. The third-order valence-electron chi connectivity index (χ3n) is 3.29. The van der Waals surface area contributed by atoms with Crippen molar-refractivity contribution in [2.75, 3.05) is 6.61 Å². The van der Waals surface area contributed by atoms with E-state index in [0.29, 0.717) is 17.3 Å². The zero-order valence-electron chi connectivity index (χ0n) is 11.7. The van der Waals surface area contributed by atoms with E-state index in [0.717, 1.165) is 26.8 Å². The first kappa shape index (κ1) is 15.7. The van der Waals surface area contributed by atoms with Crippen LogP contribution in [0.25, 0.3) is 11.0 Å². The van der Waals surface area contributed by atoms with Gasteiger partial charge in [-0.1, -0.05) is 23.2 Å². The van der Waals surface area contributed by atoms with E-state index in [-0.39, 0.29) is 6.61 Å². The number of thioether (sulfide) groups is 1. The van der Waals surface area contributed by atoms with Crippen molar-refractivity contribution in [3.63, 3.8) is 0 Å². The Hall–Kier alpha value is -1.20. The number of benzene rings is 2. The van der Waals surface area contributed by atoms with Crippen LogP contribution in [0.1, 0.15) is 5.82 Å². The lowest BCUT2D eigenvalue weighted by atomic mass is 10.3. The van der Waals surface area contributed by atoms with Gasteiger partial charge in [-0.15, -0.1) is 11.8 Å². The molecule has 1 aromatic heterocycles. The lowest BCUT2D eigenvalue weighted by molar-refractivity contribution is 0.276. The van der Waals surface area contributed by atoms with E-state index in [1.165, 1.54) is 0 Å². The molecular weight excluding hydrogens is 339 g/mol. The highest BCUT2D eigenvalue weighted by molar-refractivity contribution is 7.98. The number of imidazole rings is 1. The van der Waals surface area contributed by atoms with Crippen LogP contribution >= 0.6 is 35.0 Å². The van der Waals surface area contributed by atoms with Crippen LogP contribution in [-0.4, -0.2) is 21.3 Å². The van der Waals surface area contributed by atoms with E-state index in [1.54, 1.807) is 11.8 Å². The largest absolute Gasteiger partial charge is 0.395 e. The highest BCUT2D eigenvalue weighted by atomic mass is 35.5. The Morgan fingerprint density at radius 2 is 1.77 bits per heavy atom. The van der Waals surface area contributed by atoms with Crippen LogP contribution in [0.4, 0.5) is 0 Å². The average Bonchev–Trinajstić information content (AvgIpc) is 2.85. The van der Waals surface area contributed by atoms with E-state index in [9.17, 15) is 5.11 Å². The molecule has 0 saturated heterocycles. The van der Waals surface area contributed by atoms with Crippen molar-refractivity contribution in [2.24, 2.45) is 0 Å². The van der Waals surface area contributed by atoms with Crippen molar-refractivity contribution in [3.05, 3.63) is 58.3 Å². The number of aliphatic hydroxyl groups excluding tert-OH is 1. The highest BCUT2D eigenvalue weighted by Gasteiger charge is 2.11. The topological polar surface area (TPSA) is 38.0 Å². The molecule has 0 saturated carbocycles. The zero-order valence-corrected chi connectivity index (χ0v) is 14.0. The fourth-order valence-electron chi connectivity index (χ4n) is 2.28. The second-order valence-corrected chi connectivity index (χ2v) is 6.70. The molecule has 0 amide bonds. The first-order chi connectivity index (χ1) is 10.7. The van der Waals surface area contributed by atoms with E-state index in [2.05, 4.69) is 4.98 Å². The monoisotopic (exact) mass is 352 g/mol. The molecule has 3 aromatic rings. The normalized spacial score (nSPS) is 11.2. The van der Waals surface area contributed by atoms with Crippen molar-refractivity contribution in [1.29, 1.82) is 0 Å². The molecule has 0 fully saturated rings. The zero-order chi connectivity index (χ0) is 15.5. The maximum Gasteiger partial charge on any atom is 0.120 e. The molecule has 1 N–H and O–H groups in total. The van der Waals surface area contributed by atoms with Gasteiger partial charge in [0.15, 0.2) is 0 Å². The van der Waals surface area contributed by atoms with Crippen LogP contribution in [0, 0.1) is 0 Å². The summed E-state index contributed by atoms with van der Waals surface area (Å²) in [7, 11) is 0. The first-order valence-corrected chi connectivity index (χ1v) is 8.55. The highest BCUT2D eigenvalue weighted by Crippen LogP contribution is 2.27. The fraction of sp³-hybridized carbons (Fsp3) is 0.188. The summed E-state index contributed by atoms with van der Waals surface area (Å²) in [5, 5.41) is 10.7. The van der Waals surface area contributed by atoms with E-state index in [4.69, 9.17) is 23.2 Å². The second kappa shape index (κ2) is 6.92. The molecule has 0 bridgehead atoms. The average molecular weight is 353 g/mol. The number of fused-ring (bicyclic) bond motifs is 1. The number of hydrogen-bond acceptors (Lipinski definition) is 3. The minimum atomic E-state index is 0.0661. The summed E-state index contributed by atoms with van der Waals surface area (Å²) in [5.74, 6) is 1.64. The smallest absolute Gasteiger partial charge is 0.120 e. The van der Waals surface area contributed by atoms with Gasteiger partial charge in [0, 0.05) is 21.5 Å². The number of aliphatic hydroxyl groups is 1. The van der Waals surface area contributed by atoms with E-state index in [1.807, 2.05) is 47.0 Å². The van der Waals surface area contributed by atoms with Crippen molar-refractivity contribution in [2.45, 2.75) is 17.2 Å². The Morgan fingerprint density at radius 1 is 1.05 bits per heavy atom. The Kier molecular flexibility index (Phi) is 4.93. The van der Waals surface area contributed by atoms with Crippen LogP contribution < -0.4 is 0 Å². The molecule has 0 spiro atoms.